The van der Waals surface area contributed by atoms with E-state index >= 15 is 8.78 Å². The average molecular weight is 651 g/mol. The second-order valence-corrected chi connectivity index (χ2v) is 11.8. The summed E-state index contributed by atoms with van der Waals surface area (Å²) in [6.45, 7) is -0.216. The summed E-state index contributed by atoms with van der Waals surface area (Å²) in [4.78, 5) is 46.1. The Morgan fingerprint density at radius 1 is 0.809 bits per heavy atom. The number of carbonyl (C=O) groups excluding carboxylic acids is 3. The maximum Gasteiger partial charge on any atom is 0.351 e. The van der Waals surface area contributed by atoms with E-state index in [0.29, 0.717) is 28.2 Å². The third kappa shape index (κ3) is 5.53. The predicted octanol–water partition coefficient (Wildman–Crippen LogP) is 7.89. The number of piperidine rings is 1. The van der Waals surface area contributed by atoms with E-state index in [1.54, 1.807) is 85.1 Å². The maximum absolute atomic E-state index is 15.7. The molecule has 2 bridgehead atoms. The van der Waals surface area contributed by atoms with Crippen molar-refractivity contribution in [1.82, 2.24) is 9.47 Å². The molecule has 4 aromatic carbocycles. The van der Waals surface area contributed by atoms with Crippen LogP contribution in [0.15, 0.2) is 128 Å². The molecule has 2 aliphatic heterocycles. The van der Waals surface area contributed by atoms with Crippen LogP contribution in [0, 0.1) is 0 Å². The van der Waals surface area contributed by atoms with Crippen molar-refractivity contribution in [3.05, 3.63) is 150 Å². The number of amides is 2. The van der Waals surface area contributed by atoms with Crippen molar-refractivity contribution in [2.75, 3.05) is 11.9 Å². The first kappa shape index (κ1) is 31.9. The molecule has 1 saturated heterocycles. The zero-order chi connectivity index (χ0) is 31.9. The fourth-order valence-corrected chi connectivity index (χ4v) is 7.12. The lowest BCUT2D eigenvalue weighted by Gasteiger charge is -2.43. The molecule has 0 spiro atoms. The number of hydrogen-bond acceptors (Lipinski definition) is 4. The van der Waals surface area contributed by atoms with E-state index < -0.39 is 40.5 Å². The summed E-state index contributed by atoms with van der Waals surface area (Å²) in [6.07, 6.45) is 0.868. The van der Waals surface area contributed by atoms with Gasteiger partial charge in [-0.3, -0.25) is 14.6 Å². The number of halogens is 3. The second kappa shape index (κ2) is 12.6. The summed E-state index contributed by atoms with van der Waals surface area (Å²) < 4.78 is 30.9. The number of benzene rings is 4. The Hall–Kier alpha value is -5.05. The van der Waals surface area contributed by atoms with Gasteiger partial charge >= 0.3 is 5.91 Å². The zero-order valence-electron chi connectivity index (χ0n) is 25.2. The van der Waals surface area contributed by atoms with Crippen molar-refractivity contribution in [1.29, 1.82) is 0 Å². The highest BCUT2D eigenvalue weighted by molar-refractivity contribution is 6.11. The molecule has 3 atom stereocenters. The van der Waals surface area contributed by atoms with Gasteiger partial charge in [0, 0.05) is 28.7 Å². The highest BCUT2D eigenvalue weighted by Gasteiger charge is 2.70. The number of aromatic nitrogens is 1. The molecule has 0 saturated carbocycles. The van der Waals surface area contributed by atoms with Gasteiger partial charge < -0.3 is 5.32 Å². The van der Waals surface area contributed by atoms with Crippen molar-refractivity contribution < 1.29 is 23.2 Å². The van der Waals surface area contributed by atoms with Crippen molar-refractivity contribution >= 4 is 41.4 Å². The topological polar surface area (TPSA) is 76.1 Å². The minimum atomic E-state index is -3.16. The fourth-order valence-electron chi connectivity index (χ4n) is 7.12. The molecule has 2 aliphatic rings. The van der Waals surface area contributed by atoms with Crippen molar-refractivity contribution in [3.8, 4) is 11.1 Å². The maximum atomic E-state index is 15.7. The second-order valence-electron chi connectivity index (χ2n) is 11.8. The van der Waals surface area contributed by atoms with Crippen LogP contribution in [0.25, 0.3) is 11.1 Å². The molecule has 0 radical (unpaired) electrons. The Labute approximate surface area is 277 Å². The number of fused-ring (bicyclic) bond motifs is 5. The van der Waals surface area contributed by atoms with E-state index in [-0.39, 0.29) is 36.8 Å². The number of quaternary nitrogens is 1. The number of Topliss-reactive ketones (excluding diaryl/α,β-unsaturated/α-hetero) is 1. The normalized spacial score (nSPS) is 20.4. The number of nitrogens with zero attached hydrogens (tertiary/aromatic N) is 2. The van der Waals surface area contributed by atoms with Crippen LogP contribution in [0.2, 0.25) is 0 Å². The van der Waals surface area contributed by atoms with Gasteiger partial charge in [0.2, 0.25) is 0 Å². The first-order chi connectivity index (χ1) is 22.3. The van der Waals surface area contributed by atoms with Gasteiger partial charge in [-0.25, -0.2) is 18.1 Å². The quantitative estimate of drug-likeness (QED) is 0.182. The SMILES string of the molecule is Cl.O=C(Nc1ccc(C(=O)[N+]23CCC(F)(F)C(c4ccccc42)C3C(=O)Cc2ccccn2)cc1)c1ccccc1-c1ccccc1. The molecular weight excluding hydrogens is 620 g/mol. The molecule has 47 heavy (non-hydrogen) atoms. The molecule has 236 valence electrons. The summed E-state index contributed by atoms with van der Waals surface area (Å²) in [5, 5.41) is 2.91. The van der Waals surface area contributed by atoms with Crippen LogP contribution < -0.4 is 9.80 Å². The highest BCUT2D eigenvalue weighted by Crippen LogP contribution is 2.58. The first-order valence-electron chi connectivity index (χ1n) is 15.2. The lowest BCUT2D eigenvalue weighted by Crippen LogP contribution is -2.68. The smallest absolute Gasteiger partial charge is 0.322 e. The standard InChI is InChI=1S/C38H29F2N3O3.ClH/c39-38(40)21-23-43(32-16-7-6-15-31(32)34(38)35(43)33(44)24-28-12-8-9-22-41-28)37(46)26-17-19-27(20-18-26)42-36(45)30-14-5-4-13-29(30)25-10-2-1-3-11-25;/h1-20,22,34-35H,21,23-24H2;1H/p+1. The molecule has 0 aliphatic carbocycles. The summed E-state index contributed by atoms with van der Waals surface area (Å²) in [7, 11) is 0. The molecule has 3 heterocycles. The highest BCUT2D eigenvalue weighted by atomic mass is 35.5. The number of alkyl halides is 2. The van der Waals surface area contributed by atoms with Crippen LogP contribution >= 0.6 is 12.4 Å². The number of anilines is 1. The number of rotatable bonds is 7. The Morgan fingerprint density at radius 2 is 1.49 bits per heavy atom. The van der Waals surface area contributed by atoms with Gasteiger partial charge in [-0.2, -0.15) is 0 Å². The van der Waals surface area contributed by atoms with Crippen molar-refractivity contribution in [3.63, 3.8) is 0 Å². The Balaban J connectivity index is 0.00000386. The third-order valence-corrected chi connectivity index (χ3v) is 9.17. The summed E-state index contributed by atoms with van der Waals surface area (Å²) >= 11 is 0. The predicted molar refractivity (Wildman–Crippen MR) is 180 cm³/mol. The van der Waals surface area contributed by atoms with Crippen LogP contribution in [0.5, 0.6) is 0 Å². The van der Waals surface area contributed by atoms with Crippen LogP contribution in [-0.2, 0) is 11.2 Å². The molecule has 1 N–H and O–H groups in total. The lowest BCUT2D eigenvalue weighted by molar-refractivity contribution is -0.133. The minimum absolute atomic E-state index is 0. The minimum Gasteiger partial charge on any atom is -0.322 e. The number of ketones is 1. The van der Waals surface area contributed by atoms with Gasteiger partial charge in [-0.05, 0) is 59.7 Å². The third-order valence-electron chi connectivity index (χ3n) is 9.17. The molecule has 1 aromatic heterocycles. The van der Waals surface area contributed by atoms with Gasteiger partial charge in [0.15, 0.2) is 11.8 Å². The molecule has 9 heteroatoms. The fraction of sp³-hybridized carbons (Fsp3) is 0.158. The van der Waals surface area contributed by atoms with Gasteiger partial charge in [0.1, 0.15) is 11.6 Å². The van der Waals surface area contributed by atoms with Gasteiger partial charge in [-0.1, -0.05) is 72.8 Å². The van der Waals surface area contributed by atoms with E-state index in [4.69, 9.17) is 0 Å². The monoisotopic (exact) mass is 650 g/mol. The summed E-state index contributed by atoms with van der Waals surface area (Å²) in [5.74, 6) is -5.79. The van der Waals surface area contributed by atoms with Crippen LogP contribution in [0.3, 0.4) is 0 Å². The van der Waals surface area contributed by atoms with Gasteiger partial charge in [0.25, 0.3) is 11.8 Å². The number of hydrogen-bond donors (Lipinski definition) is 1. The van der Waals surface area contributed by atoms with Gasteiger partial charge in [-0.15, -0.1) is 12.4 Å². The number of pyridine rings is 1. The lowest BCUT2D eigenvalue weighted by atomic mass is 9.80. The molecule has 5 aromatic rings. The van der Waals surface area contributed by atoms with E-state index in [1.165, 1.54) is 0 Å². The number of para-hydroxylation sites is 1. The molecule has 2 amide bonds. The van der Waals surface area contributed by atoms with Crippen LogP contribution in [0.4, 0.5) is 20.2 Å². The van der Waals surface area contributed by atoms with E-state index in [0.717, 1.165) is 11.1 Å². The molecule has 6 nitrogen and oxygen atoms in total. The first-order valence-corrected chi connectivity index (χ1v) is 15.2. The summed E-state index contributed by atoms with van der Waals surface area (Å²) in [5.41, 5.74) is 4.15. The number of nitrogens with one attached hydrogen (secondary N) is 1. The van der Waals surface area contributed by atoms with Crippen molar-refractivity contribution in [2.24, 2.45) is 0 Å². The van der Waals surface area contributed by atoms with Crippen LogP contribution in [-0.4, -0.2) is 41.1 Å². The zero-order valence-corrected chi connectivity index (χ0v) is 26.0. The number of carbonyl (C=O) groups is 3. The van der Waals surface area contributed by atoms with Crippen molar-refractivity contribution in [2.45, 2.75) is 30.7 Å². The largest absolute Gasteiger partial charge is 0.351 e. The average Bonchev–Trinajstić information content (AvgIpc) is 3.35. The van der Waals surface area contributed by atoms with Crippen LogP contribution in [0.1, 0.15) is 44.3 Å². The van der Waals surface area contributed by atoms with E-state index in [1.807, 2.05) is 42.5 Å². The molecule has 3 unspecified atom stereocenters. The summed E-state index contributed by atoms with van der Waals surface area (Å²) in [6, 6.07) is 33.8. The molecular formula is C38H31ClF2N3O3+. The van der Waals surface area contributed by atoms with E-state index in [9.17, 15) is 14.4 Å². The Morgan fingerprint density at radius 3 is 2.23 bits per heavy atom. The van der Waals surface area contributed by atoms with E-state index in [2.05, 4.69) is 10.3 Å². The molecule has 7 rings (SSSR count). The Bertz CT molecular complexity index is 1950. The van der Waals surface area contributed by atoms with Gasteiger partial charge in [0.05, 0.1) is 24.9 Å². The molecule has 1 fully saturated rings. The Kier molecular flexibility index (Phi) is 8.57.